The van der Waals surface area contributed by atoms with Crippen molar-refractivity contribution in [2.75, 3.05) is 33.4 Å². The Hall–Kier alpha value is -3.00. The first kappa shape index (κ1) is 22.2. The standard InChI is InChI=1S/C24H26F2N2O4/c1-31-24(30)17-6-8-27(9-7-17)14-16-2-5-22-19(12-16)15-28(10-11-32-22)23(29)18-3-4-20(25)21(26)13-18/h2-5,12-13,17H,6-11,14-15H2,1H3. The fraction of sp³-hybridized carbons (Fsp3) is 0.417. The van der Waals surface area contributed by atoms with E-state index in [1.54, 1.807) is 4.90 Å². The summed E-state index contributed by atoms with van der Waals surface area (Å²) in [6.45, 7) is 3.36. The van der Waals surface area contributed by atoms with Gasteiger partial charge in [-0.1, -0.05) is 6.07 Å². The lowest BCUT2D eigenvalue weighted by Gasteiger charge is -2.30. The second kappa shape index (κ2) is 9.65. The van der Waals surface area contributed by atoms with Gasteiger partial charge in [0.25, 0.3) is 5.91 Å². The molecular weight excluding hydrogens is 418 g/mol. The van der Waals surface area contributed by atoms with Gasteiger partial charge >= 0.3 is 5.97 Å². The van der Waals surface area contributed by atoms with Crippen molar-refractivity contribution >= 4 is 11.9 Å². The number of piperidine rings is 1. The summed E-state index contributed by atoms with van der Waals surface area (Å²) >= 11 is 0. The highest BCUT2D eigenvalue weighted by Crippen LogP contribution is 2.27. The third kappa shape index (κ3) is 4.91. The molecule has 0 spiro atoms. The Kier molecular flexibility index (Phi) is 6.69. The molecule has 0 N–H and O–H groups in total. The van der Waals surface area contributed by atoms with Crippen LogP contribution < -0.4 is 4.74 Å². The molecule has 0 aromatic heterocycles. The minimum absolute atomic E-state index is 0.0347. The zero-order valence-electron chi connectivity index (χ0n) is 18.0. The SMILES string of the molecule is COC(=O)C1CCN(Cc2ccc3c(c2)CN(C(=O)c2ccc(F)c(F)c2)CCO3)CC1. The average molecular weight is 444 g/mol. The summed E-state index contributed by atoms with van der Waals surface area (Å²) in [7, 11) is 1.42. The number of esters is 1. The number of hydrogen-bond donors (Lipinski definition) is 0. The second-order valence-electron chi connectivity index (χ2n) is 8.22. The van der Waals surface area contributed by atoms with E-state index in [0.29, 0.717) is 19.7 Å². The van der Waals surface area contributed by atoms with Crippen LogP contribution in [0.25, 0.3) is 0 Å². The second-order valence-corrected chi connectivity index (χ2v) is 8.22. The summed E-state index contributed by atoms with van der Waals surface area (Å²) < 4.78 is 37.5. The molecule has 0 unspecified atom stereocenters. The van der Waals surface area contributed by atoms with Crippen molar-refractivity contribution in [3.05, 3.63) is 64.7 Å². The number of methoxy groups -OCH3 is 1. The summed E-state index contributed by atoms with van der Waals surface area (Å²) in [5, 5.41) is 0. The summed E-state index contributed by atoms with van der Waals surface area (Å²) in [5.41, 5.74) is 2.07. The van der Waals surface area contributed by atoms with Crippen LogP contribution in [0.2, 0.25) is 0 Å². The lowest BCUT2D eigenvalue weighted by Crippen LogP contribution is -2.36. The quantitative estimate of drug-likeness (QED) is 0.677. The number of fused-ring (bicyclic) bond motifs is 1. The summed E-state index contributed by atoms with van der Waals surface area (Å²) in [6, 6.07) is 9.14. The minimum atomic E-state index is -1.04. The van der Waals surface area contributed by atoms with Gasteiger partial charge in [0.05, 0.1) is 19.6 Å². The fourth-order valence-electron chi connectivity index (χ4n) is 4.28. The maximum atomic E-state index is 13.6. The van der Waals surface area contributed by atoms with Crippen LogP contribution in [-0.2, 0) is 22.6 Å². The maximum Gasteiger partial charge on any atom is 0.308 e. The molecule has 170 valence electrons. The third-order valence-corrected chi connectivity index (χ3v) is 6.09. The molecule has 32 heavy (non-hydrogen) atoms. The number of rotatable bonds is 4. The molecule has 0 atom stereocenters. The van der Waals surface area contributed by atoms with Crippen LogP contribution in [-0.4, -0.2) is 55.0 Å². The van der Waals surface area contributed by atoms with Gasteiger partial charge in [-0.2, -0.15) is 0 Å². The Bertz CT molecular complexity index is 1010. The Morgan fingerprint density at radius 1 is 1.06 bits per heavy atom. The Balaban J connectivity index is 1.44. The van der Waals surface area contributed by atoms with E-state index < -0.39 is 11.6 Å². The Labute approximate surface area is 185 Å². The molecule has 0 aliphatic carbocycles. The molecule has 2 aromatic carbocycles. The number of amides is 1. The number of likely N-dealkylation sites (tertiary alicyclic amines) is 1. The first-order chi connectivity index (χ1) is 15.4. The smallest absolute Gasteiger partial charge is 0.308 e. The van der Waals surface area contributed by atoms with Gasteiger partial charge in [-0.15, -0.1) is 0 Å². The maximum absolute atomic E-state index is 13.6. The zero-order valence-corrected chi connectivity index (χ0v) is 18.0. The molecule has 0 bridgehead atoms. The van der Waals surface area contributed by atoms with E-state index >= 15 is 0 Å². The molecule has 2 aromatic rings. The monoisotopic (exact) mass is 444 g/mol. The van der Waals surface area contributed by atoms with Crippen LogP contribution in [0.4, 0.5) is 8.78 Å². The van der Waals surface area contributed by atoms with E-state index in [2.05, 4.69) is 4.90 Å². The number of carbonyl (C=O) groups excluding carboxylic acids is 2. The predicted molar refractivity (Wildman–Crippen MR) is 113 cm³/mol. The van der Waals surface area contributed by atoms with Gasteiger partial charge in [0.1, 0.15) is 12.4 Å². The van der Waals surface area contributed by atoms with E-state index in [0.717, 1.165) is 61.5 Å². The van der Waals surface area contributed by atoms with Gasteiger partial charge in [-0.05, 0) is 61.8 Å². The van der Waals surface area contributed by atoms with Crippen molar-refractivity contribution in [2.45, 2.75) is 25.9 Å². The number of carbonyl (C=O) groups is 2. The summed E-state index contributed by atoms with van der Waals surface area (Å²) in [6.07, 6.45) is 1.55. The van der Waals surface area contributed by atoms with Gasteiger partial charge in [0, 0.05) is 24.2 Å². The molecule has 8 heteroatoms. The molecule has 2 heterocycles. The zero-order chi connectivity index (χ0) is 22.7. The Morgan fingerprint density at radius 3 is 2.56 bits per heavy atom. The van der Waals surface area contributed by atoms with Crippen molar-refractivity contribution in [1.82, 2.24) is 9.80 Å². The molecular formula is C24H26F2N2O4. The van der Waals surface area contributed by atoms with Crippen molar-refractivity contribution in [3.63, 3.8) is 0 Å². The number of nitrogens with zero attached hydrogens (tertiary/aromatic N) is 2. The molecule has 2 aliphatic rings. The number of benzene rings is 2. The van der Waals surface area contributed by atoms with Gasteiger partial charge in [0.15, 0.2) is 11.6 Å². The molecule has 1 amide bonds. The van der Waals surface area contributed by atoms with Crippen LogP contribution in [0, 0.1) is 17.6 Å². The Morgan fingerprint density at radius 2 is 1.84 bits per heavy atom. The van der Waals surface area contributed by atoms with Gasteiger partial charge in [-0.3, -0.25) is 14.5 Å². The van der Waals surface area contributed by atoms with Crippen LogP contribution in [0.15, 0.2) is 36.4 Å². The van der Waals surface area contributed by atoms with Crippen LogP contribution in [0.5, 0.6) is 5.75 Å². The molecule has 2 aliphatic heterocycles. The topological polar surface area (TPSA) is 59.1 Å². The number of ether oxygens (including phenoxy) is 2. The number of halogens is 2. The third-order valence-electron chi connectivity index (χ3n) is 6.09. The normalized spacial score (nSPS) is 17.3. The van der Waals surface area contributed by atoms with Crippen molar-refractivity contribution in [3.8, 4) is 5.75 Å². The highest BCUT2D eigenvalue weighted by Gasteiger charge is 2.26. The molecule has 1 fully saturated rings. The first-order valence-corrected chi connectivity index (χ1v) is 10.7. The minimum Gasteiger partial charge on any atom is -0.491 e. The van der Waals surface area contributed by atoms with Gasteiger partial charge in [0.2, 0.25) is 0 Å². The largest absolute Gasteiger partial charge is 0.491 e. The van der Waals surface area contributed by atoms with Crippen LogP contribution in [0.3, 0.4) is 0 Å². The molecule has 6 nitrogen and oxygen atoms in total. The molecule has 0 saturated carbocycles. The first-order valence-electron chi connectivity index (χ1n) is 10.7. The van der Waals surface area contributed by atoms with E-state index in [1.807, 2.05) is 18.2 Å². The van der Waals surface area contributed by atoms with E-state index in [-0.39, 0.29) is 23.4 Å². The van der Waals surface area contributed by atoms with Gasteiger partial charge in [-0.25, -0.2) is 8.78 Å². The predicted octanol–water partition coefficient (Wildman–Crippen LogP) is 3.38. The van der Waals surface area contributed by atoms with E-state index in [1.165, 1.54) is 13.2 Å². The average Bonchev–Trinajstić information content (AvgIpc) is 3.02. The summed E-state index contributed by atoms with van der Waals surface area (Å²) in [4.78, 5) is 28.5. The fourth-order valence-corrected chi connectivity index (χ4v) is 4.28. The molecule has 4 rings (SSSR count). The van der Waals surface area contributed by atoms with Crippen molar-refractivity contribution in [2.24, 2.45) is 5.92 Å². The molecule has 1 saturated heterocycles. The van der Waals surface area contributed by atoms with E-state index in [9.17, 15) is 18.4 Å². The van der Waals surface area contributed by atoms with Crippen molar-refractivity contribution < 1.29 is 27.8 Å². The lowest BCUT2D eigenvalue weighted by atomic mass is 9.96. The highest BCUT2D eigenvalue weighted by atomic mass is 19.2. The number of hydrogen-bond acceptors (Lipinski definition) is 5. The van der Waals surface area contributed by atoms with Crippen LogP contribution in [0.1, 0.15) is 34.3 Å². The lowest BCUT2D eigenvalue weighted by molar-refractivity contribution is -0.147. The van der Waals surface area contributed by atoms with Crippen molar-refractivity contribution in [1.29, 1.82) is 0 Å². The summed E-state index contributed by atoms with van der Waals surface area (Å²) in [5.74, 6) is -1.84. The van der Waals surface area contributed by atoms with Gasteiger partial charge < -0.3 is 14.4 Å². The van der Waals surface area contributed by atoms with Crippen LogP contribution >= 0.6 is 0 Å². The van der Waals surface area contributed by atoms with E-state index in [4.69, 9.17) is 9.47 Å². The highest BCUT2D eigenvalue weighted by molar-refractivity contribution is 5.94. The molecule has 0 radical (unpaired) electrons.